The monoisotopic (exact) mass is 742 g/mol. The number of hydrogen-bond acceptors (Lipinski definition) is 12. The van der Waals surface area contributed by atoms with Crippen LogP contribution in [0.15, 0.2) is 94.4 Å². The number of nitrogens with two attached hydrogens (primary N) is 4. The minimum atomic E-state index is -5.10. The lowest BCUT2D eigenvalue weighted by atomic mass is 9.72. The smallest absolute Gasteiger partial charge is 0.281 e. The number of aryl methyl sites for hydroxylation is 4. The van der Waals surface area contributed by atoms with Crippen molar-refractivity contribution in [2.24, 2.45) is 33.2 Å². The van der Waals surface area contributed by atoms with Gasteiger partial charge in [0.25, 0.3) is 20.2 Å². The molecule has 0 spiro atoms. The number of benzene rings is 4. The maximum atomic E-state index is 13.8. The number of nitrogens with zero attached hydrogens (tertiary/aromatic N) is 2. The summed E-state index contributed by atoms with van der Waals surface area (Å²) in [6.07, 6.45) is 0. The van der Waals surface area contributed by atoms with Gasteiger partial charge in [0.2, 0.25) is 2.82 Å². The Hall–Kier alpha value is -5.10. The molecule has 4 atom stereocenters. The van der Waals surface area contributed by atoms with Crippen LogP contribution in [0.25, 0.3) is 22.5 Å². The van der Waals surface area contributed by atoms with Crippen molar-refractivity contribution in [3.63, 3.8) is 0 Å². The van der Waals surface area contributed by atoms with Crippen LogP contribution in [0.5, 0.6) is 0 Å². The van der Waals surface area contributed by atoms with Gasteiger partial charge >= 0.3 is 0 Å². The lowest BCUT2D eigenvalue weighted by molar-refractivity contribution is 0.421. The van der Waals surface area contributed by atoms with E-state index in [1.54, 1.807) is 88.4 Å². The van der Waals surface area contributed by atoms with Crippen molar-refractivity contribution < 1.29 is 28.8 Å². The molecule has 2 aliphatic rings. The molecular formula is C36H38N8O6S2. The van der Waals surface area contributed by atoms with E-state index in [1.807, 2.05) is 0 Å². The van der Waals surface area contributed by atoms with Gasteiger partial charge < -0.3 is 22.9 Å². The van der Waals surface area contributed by atoms with E-state index < -0.39 is 41.8 Å². The molecule has 2 aliphatic carbocycles. The van der Waals surface area contributed by atoms with Crippen LogP contribution in [0.4, 0.5) is 0 Å². The lowest BCUT2D eigenvalue weighted by Gasteiger charge is -2.43. The van der Waals surface area contributed by atoms with Crippen molar-refractivity contribution in [2.45, 2.75) is 49.3 Å². The fourth-order valence-corrected chi connectivity index (χ4v) is 11.5. The third-order valence-corrected chi connectivity index (χ3v) is 13.4. The molecule has 6 rings (SSSR count). The third kappa shape index (κ3) is 4.76. The second-order valence-electron chi connectivity index (χ2n) is 13.2. The lowest BCUT2D eigenvalue weighted by Crippen LogP contribution is -2.56. The van der Waals surface area contributed by atoms with E-state index >= 15 is 0 Å². The average Bonchev–Trinajstić information content (AvgIpc) is 3.09. The van der Waals surface area contributed by atoms with Crippen molar-refractivity contribution in [1.82, 2.24) is 0 Å². The van der Waals surface area contributed by atoms with Gasteiger partial charge in [-0.2, -0.15) is 27.1 Å². The molecule has 4 unspecified atom stereocenters. The third-order valence-electron chi connectivity index (χ3n) is 10.4. The highest BCUT2D eigenvalue weighted by molar-refractivity contribution is 7.87. The molecule has 4 aromatic rings. The predicted octanol–water partition coefficient (Wildman–Crippen LogP) is 4.85. The summed E-state index contributed by atoms with van der Waals surface area (Å²) in [5, 5.41) is 7.55. The second kappa shape index (κ2) is 12.3. The summed E-state index contributed by atoms with van der Waals surface area (Å²) in [7, 11) is -10.2. The van der Waals surface area contributed by atoms with E-state index in [2.05, 4.69) is 21.3 Å². The summed E-state index contributed by atoms with van der Waals surface area (Å²) in [5.41, 5.74) is 35.9. The molecule has 0 aliphatic heterocycles. The van der Waals surface area contributed by atoms with E-state index in [1.165, 1.54) is 12.1 Å². The van der Waals surface area contributed by atoms with Crippen LogP contribution in [-0.2, 0) is 29.7 Å². The topological polar surface area (TPSA) is 285 Å². The zero-order chi connectivity index (χ0) is 39.7. The summed E-state index contributed by atoms with van der Waals surface area (Å²) >= 11 is 0. The summed E-state index contributed by atoms with van der Waals surface area (Å²) < 4.78 is 87.5. The molecule has 14 nitrogen and oxygen atoms in total. The first-order valence-corrected chi connectivity index (χ1v) is 18.8. The maximum Gasteiger partial charge on any atom is 0.281 e. The highest BCUT2D eigenvalue weighted by Crippen LogP contribution is 2.53. The Labute approximate surface area is 304 Å². The zero-order valence-electron chi connectivity index (χ0n) is 30.5. The molecular weight excluding hydrogens is 705 g/mol. The van der Waals surface area contributed by atoms with Gasteiger partial charge in [0.15, 0.2) is 9.49 Å². The van der Waals surface area contributed by atoms with Crippen molar-refractivity contribution in [2.75, 3.05) is 0 Å². The van der Waals surface area contributed by atoms with Gasteiger partial charge in [-0.05, 0) is 83.3 Å². The standard InChI is InChI=1S/C36H38N8O6S2/c1-17-13-21(14-18(2)27(17)35(51(45,46)47)25-11-7-5-9-23(25)29(37)31(43-41)33(35)39)22-15-19(3)28(20(4)16-22)36(52(48,49)50)26-12-8-6-10-24(26)30(38)32(44-42)34(36)40/h5-16,33-34,41-42H,37-40H2,1-4H3,(H,45,46,47)(H,48,49,50)/b43-41+,44-42+. The van der Waals surface area contributed by atoms with Crippen LogP contribution in [-0.4, -0.2) is 38.0 Å². The fourth-order valence-electron chi connectivity index (χ4n) is 8.52. The Morgan fingerprint density at radius 3 is 1.23 bits per heavy atom. The summed E-state index contributed by atoms with van der Waals surface area (Å²) in [5.74, 6) is 0. The molecule has 0 saturated carbocycles. The Morgan fingerprint density at radius 2 is 0.942 bits per heavy atom. The summed E-state index contributed by atoms with van der Waals surface area (Å²) in [6, 6.07) is 16.3. The van der Waals surface area contributed by atoms with Gasteiger partial charge in [0, 0.05) is 11.1 Å². The molecule has 4 aromatic carbocycles. The van der Waals surface area contributed by atoms with E-state index in [-0.39, 0.29) is 56.2 Å². The number of rotatable bonds is 7. The molecule has 0 bridgehead atoms. The van der Waals surface area contributed by atoms with Gasteiger partial charge in [-0.3, -0.25) is 9.11 Å². The fraction of sp³-hybridized carbons (Fsp3) is 0.222. The summed E-state index contributed by atoms with van der Waals surface area (Å²) in [4.78, 5) is 0. The highest BCUT2D eigenvalue weighted by Gasteiger charge is 2.59. The number of nitrogens with one attached hydrogen (secondary N) is 2. The van der Waals surface area contributed by atoms with Gasteiger partial charge in [-0.15, -0.1) is 0 Å². The van der Waals surface area contributed by atoms with Crippen LogP contribution in [0, 0.1) is 38.7 Å². The molecule has 0 heterocycles. The second-order valence-corrected chi connectivity index (χ2v) is 16.4. The van der Waals surface area contributed by atoms with Crippen LogP contribution in [0.2, 0.25) is 2.82 Å². The maximum absolute atomic E-state index is 13.8. The first-order chi connectivity index (χ1) is 25.3. The highest BCUT2D eigenvalue weighted by atomic mass is 32.2. The van der Waals surface area contributed by atoms with Crippen LogP contribution in [0.1, 0.15) is 55.6 Å². The molecule has 0 fully saturated rings. The molecule has 0 amide bonds. The van der Waals surface area contributed by atoms with E-state index in [4.69, 9.17) is 25.8 Å². The Balaban J connectivity index is 1.61. The molecule has 270 valence electrons. The Kier molecular flexibility index (Phi) is 8.01. The Morgan fingerprint density at radius 1 is 0.635 bits per heavy atom. The molecule has 0 aromatic heterocycles. The molecule has 16 heteroatoms. The normalized spacial score (nSPS) is 24.2. The quantitative estimate of drug-likeness (QED) is 0.0941. The molecule has 0 saturated heterocycles. The Bertz CT molecular complexity index is 2390. The van der Waals surface area contributed by atoms with E-state index in [9.17, 15) is 25.9 Å². The van der Waals surface area contributed by atoms with E-state index in [0.717, 1.165) is 0 Å². The van der Waals surface area contributed by atoms with Crippen LogP contribution < -0.4 is 22.9 Å². The number of hydrogen-bond donors (Lipinski definition) is 8. The average molecular weight is 743 g/mol. The summed E-state index contributed by atoms with van der Waals surface area (Å²) in [6.45, 7) is 6.67. The number of fused-ring (bicyclic) bond motifs is 2. The minimum Gasteiger partial charge on any atom is -0.397 e. The van der Waals surface area contributed by atoms with Gasteiger partial charge in [-0.1, -0.05) is 72.8 Å². The molecule has 52 heavy (non-hydrogen) atoms. The first-order valence-electron chi connectivity index (χ1n) is 16.8. The van der Waals surface area contributed by atoms with Crippen molar-refractivity contribution >= 4 is 31.6 Å². The molecule has 12 N–H and O–H groups in total. The van der Waals surface area contributed by atoms with Crippen LogP contribution in [0.3, 0.4) is 0 Å². The zero-order valence-corrected chi connectivity index (χ0v) is 30.2. The molecule has 0 radical (unpaired) electrons. The van der Waals surface area contributed by atoms with Crippen molar-refractivity contribution in [1.29, 1.82) is 11.0 Å². The van der Waals surface area contributed by atoms with E-state index in [0.29, 0.717) is 33.4 Å². The van der Waals surface area contributed by atoms with Gasteiger partial charge in [-0.25, -0.2) is 11.0 Å². The van der Waals surface area contributed by atoms with Gasteiger partial charge in [0.05, 0.1) is 23.5 Å². The van der Waals surface area contributed by atoms with Crippen LogP contribution >= 0.6 is 0 Å². The van der Waals surface area contributed by atoms with Gasteiger partial charge in [0.1, 0.15) is 11.4 Å². The SMILES string of the molecule is [H]/N=N/C1=C(N)c2ccccc2C(c2c(C)cc(-c3cc(C)c(C4(S(=O)(=O)O)c5ccccc5C(N)=C(/N=N/[H])C4N)c(C)c3)cc2C)(S(=O)(=O)O)C1N. The first kappa shape index (κ1) is 34.0. The minimum absolute atomic E-state index is 0.0161. The predicted molar refractivity (Wildman–Crippen MR) is 197 cm³/mol. The van der Waals surface area contributed by atoms with Crippen molar-refractivity contribution in [3.05, 3.63) is 140 Å². The van der Waals surface area contributed by atoms with Crippen molar-refractivity contribution in [3.8, 4) is 11.1 Å². The largest absolute Gasteiger partial charge is 0.397 e.